The first-order chi connectivity index (χ1) is 9.06. The van der Waals surface area contributed by atoms with E-state index in [1.54, 1.807) is 0 Å². The second-order valence-electron chi connectivity index (χ2n) is 6.30. The fraction of sp³-hybridized carbons (Fsp3) is 0.929. The predicted octanol–water partition coefficient (Wildman–Crippen LogP) is 0.325. The van der Waals surface area contributed by atoms with Gasteiger partial charge in [-0.15, -0.1) is 0 Å². The lowest BCUT2D eigenvalue weighted by Gasteiger charge is -2.39. The summed E-state index contributed by atoms with van der Waals surface area (Å²) in [6.07, 6.45) is 2.48. The molecule has 1 saturated heterocycles. The minimum atomic E-state index is 0.508. The highest BCUT2D eigenvalue weighted by Gasteiger charge is 2.25. The Balaban J connectivity index is 1.84. The molecule has 0 amide bonds. The van der Waals surface area contributed by atoms with Crippen molar-refractivity contribution in [2.75, 3.05) is 39.8 Å². The molecule has 2 aliphatic rings. The van der Waals surface area contributed by atoms with E-state index >= 15 is 0 Å². The molecule has 1 aliphatic heterocycles. The highest BCUT2D eigenvalue weighted by atomic mass is 15.3. The molecule has 110 valence electrons. The van der Waals surface area contributed by atoms with Crippen LogP contribution in [0.25, 0.3) is 0 Å². The summed E-state index contributed by atoms with van der Waals surface area (Å²) in [5.74, 6) is 1.24. The molecule has 0 aromatic heterocycles. The lowest BCUT2D eigenvalue weighted by Crippen LogP contribution is -2.52. The van der Waals surface area contributed by atoms with Crippen LogP contribution >= 0.6 is 0 Å². The van der Waals surface area contributed by atoms with Crippen molar-refractivity contribution in [3.05, 3.63) is 0 Å². The number of guanidine groups is 1. The highest BCUT2D eigenvalue weighted by Crippen LogP contribution is 2.18. The second kappa shape index (κ2) is 6.57. The Bertz CT molecular complexity index is 303. The van der Waals surface area contributed by atoms with Crippen molar-refractivity contribution in [2.24, 2.45) is 16.6 Å². The van der Waals surface area contributed by atoms with E-state index in [0.29, 0.717) is 24.0 Å². The van der Waals surface area contributed by atoms with E-state index in [1.165, 1.54) is 12.8 Å². The Morgan fingerprint density at radius 2 is 1.89 bits per heavy atom. The maximum atomic E-state index is 5.93. The zero-order valence-corrected chi connectivity index (χ0v) is 12.6. The van der Waals surface area contributed by atoms with Crippen LogP contribution < -0.4 is 11.1 Å². The number of likely N-dealkylation sites (N-methyl/N-ethyl adjacent to an activating group) is 1. The first-order valence-corrected chi connectivity index (χ1v) is 7.55. The van der Waals surface area contributed by atoms with Crippen LogP contribution in [0.2, 0.25) is 0 Å². The topological polar surface area (TPSA) is 56.9 Å². The molecule has 5 heteroatoms. The SMILES string of the molecule is CC(C)C(CN=C(N)NC1CC1)N1CCN(C)CC1. The first kappa shape index (κ1) is 14.6. The van der Waals surface area contributed by atoms with Gasteiger partial charge in [-0.05, 0) is 25.8 Å². The van der Waals surface area contributed by atoms with E-state index in [0.717, 1.165) is 32.7 Å². The van der Waals surface area contributed by atoms with Gasteiger partial charge in [0.2, 0.25) is 0 Å². The standard InChI is InChI=1S/C14H29N5/c1-11(2)13(19-8-6-18(3)7-9-19)10-16-14(15)17-12-4-5-12/h11-13H,4-10H2,1-3H3,(H3,15,16,17). The summed E-state index contributed by atoms with van der Waals surface area (Å²) in [7, 11) is 2.19. The van der Waals surface area contributed by atoms with Gasteiger partial charge in [0.25, 0.3) is 0 Å². The van der Waals surface area contributed by atoms with Gasteiger partial charge in [0.15, 0.2) is 5.96 Å². The van der Waals surface area contributed by atoms with E-state index < -0.39 is 0 Å². The van der Waals surface area contributed by atoms with Crippen LogP contribution in [-0.4, -0.2) is 67.6 Å². The molecule has 5 nitrogen and oxygen atoms in total. The molecule has 0 bridgehead atoms. The first-order valence-electron chi connectivity index (χ1n) is 7.55. The third-order valence-electron chi connectivity index (χ3n) is 4.15. The van der Waals surface area contributed by atoms with Gasteiger partial charge in [-0.25, -0.2) is 0 Å². The Morgan fingerprint density at radius 1 is 1.26 bits per heavy atom. The van der Waals surface area contributed by atoms with Crippen LogP contribution in [-0.2, 0) is 0 Å². The van der Waals surface area contributed by atoms with Crippen molar-refractivity contribution in [3.63, 3.8) is 0 Å². The number of hydrogen-bond donors (Lipinski definition) is 2. The number of aliphatic imine (C=N–C) groups is 1. The van der Waals surface area contributed by atoms with Gasteiger partial charge in [-0.1, -0.05) is 13.8 Å². The third kappa shape index (κ3) is 4.66. The van der Waals surface area contributed by atoms with E-state index in [9.17, 15) is 0 Å². The zero-order valence-electron chi connectivity index (χ0n) is 12.6. The molecule has 1 unspecified atom stereocenters. The lowest BCUT2D eigenvalue weighted by molar-refractivity contribution is 0.0925. The molecule has 0 aromatic rings. The van der Waals surface area contributed by atoms with E-state index in [4.69, 9.17) is 5.73 Å². The van der Waals surface area contributed by atoms with Crippen LogP contribution in [0, 0.1) is 5.92 Å². The summed E-state index contributed by atoms with van der Waals surface area (Å²) in [4.78, 5) is 9.51. The molecule has 2 fully saturated rings. The number of nitrogens with one attached hydrogen (secondary N) is 1. The van der Waals surface area contributed by atoms with E-state index in [2.05, 4.69) is 41.0 Å². The molecule has 0 radical (unpaired) electrons. The summed E-state index contributed by atoms with van der Waals surface area (Å²) < 4.78 is 0. The lowest BCUT2D eigenvalue weighted by atomic mass is 10.0. The number of piperazine rings is 1. The average Bonchev–Trinajstić information content (AvgIpc) is 3.15. The maximum absolute atomic E-state index is 5.93. The van der Waals surface area contributed by atoms with Gasteiger partial charge < -0.3 is 16.0 Å². The fourth-order valence-corrected chi connectivity index (χ4v) is 2.58. The van der Waals surface area contributed by atoms with Crippen molar-refractivity contribution in [1.82, 2.24) is 15.1 Å². The van der Waals surface area contributed by atoms with Crippen LogP contribution in [0.1, 0.15) is 26.7 Å². The monoisotopic (exact) mass is 267 g/mol. The van der Waals surface area contributed by atoms with Crippen molar-refractivity contribution in [1.29, 1.82) is 0 Å². The fourth-order valence-electron chi connectivity index (χ4n) is 2.58. The molecule has 1 atom stereocenters. The van der Waals surface area contributed by atoms with Gasteiger partial charge in [0.1, 0.15) is 0 Å². The summed E-state index contributed by atoms with van der Waals surface area (Å²) in [5, 5.41) is 3.26. The van der Waals surface area contributed by atoms with E-state index in [-0.39, 0.29) is 0 Å². The molecule has 2 rings (SSSR count). The van der Waals surface area contributed by atoms with Crippen molar-refractivity contribution >= 4 is 5.96 Å². The summed E-state index contributed by atoms with van der Waals surface area (Å²) in [6.45, 7) is 9.97. The molecular formula is C14H29N5. The van der Waals surface area contributed by atoms with Crippen LogP contribution in [0.4, 0.5) is 0 Å². The van der Waals surface area contributed by atoms with Gasteiger partial charge >= 0.3 is 0 Å². The molecule has 1 heterocycles. The molecule has 0 aromatic carbocycles. The van der Waals surface area contributed by atoms with Crippen LogP contribution in [0.3, 0.4) is 0 Å². The molecule has 1 aliphatic carbocycles. The van der Waals surface area contributed by atoms with Gasteiger partial charge in [0.05, 0.1) is 6.54 Å². The number of nitrogens with zero attached hydrogens (tertiary/aromatic N) is 3. The highest BCUT2D eigenvalue weighted by molar-refractivity contribution is 5.78. The molecular weight excluding hydrogens is 238 g/mol. The van der Waals surface area contributed by atoms with Crippen molar-refractivity contribution in [2.45, 2.75) is 38.8 Å². The number of rotatable bonds is 5. The third-order valence-corrected chi connectivity index (χ3v) is 4.15. The minimum Gasteiger partial charge on any atom is -0.370 e. The van der Waals surface area contributed by atoms with E-state index in [1.807, 2.05) is 0 Å². The molecule has 3 N–H and O–H groups in total. The molecule has 19 heavy (non-hydrogen) atoms. The summed E-state index contributed by atoms with van der Waals surface area (Å²) in [6, 6.07) is 1.10. The van der Waals surface area contributed by atoms with Gasteiger partial charge in [-0.2, -0.15) is 0 Å². The Morgan fingerprint density at radius 3 is 2.42 bits per heavy atom. The Labute approximate surface area is 117 Å². The minimum absolute atomic E-state index is 0.508. The Kier molecular flexibility index (Phi) is 5.05. The Hall–Kier alpha value is -0.810. The molecule has 0 spiro atoms. The van der Waals surface area contributed by atoms with Crippen molar-refractivity contribution < 1.29 is 0 Å². The van der Waals surface area contributed by atoms with Gasteiger partial charge in [-0.3, -0.25) is 9.89 Å². The summed E-state index contributed by atoms with van der Waals surface area (Å²) >= 11 is 0. The smallest absolute Gasteiger partial charge is 0.188 e. The van der Waals surface area contributed by atoms with Crippen molar-refractivity contribution in [3.8, 4) is 0 Å². The molecule has 1 saturated carbocycles. The van der Waals surface area contributed by atoms with Crippen LogP contribution in [0.5, 0.6) is 0 Å². The number of hydrogen-bond acceptors (Lipinski definition) is 3. The normalized spacial score (nSPS) is 24.7. The zero-order chi connectivity index (χ0) is 13.8. The largest absolute Gasteiger partial charge is 0.370 e. The maximum Gasteiger partial charge on any atom is 0.188 e. The van der Waals surface area contributed by atoms with Crippen LogP contribution in [0.15, 0.2) is 4.99 Å². The quantitative estimate of drug-likeness (QED) is 0.556. The second-order valence-corrected chi connectivity index (χ2v) is 6.30. The number of nitrogens with two attached hydrogens (primary N) is 1. The average molecular weight is 267 g/mol. The summed E-state index contributed by atoms with van der Waals surface area (Å²) in [5.41, 5.74) is 5.93. The van der Waals surface area contributed by atoms with Gasteiger partial charge in [0, 0.05) is 38.3 Å². The predicted molar refractivity (Wildman–Crippen MR) is 80.3 cm³/mol.